The molecule has 4 heteroatoms. The highest BCUT2D eigenvalue weighted by molar-refractivity contribution is 6.14. The Labute approximate surface area is 306 Å². The molecule has 0 amide bonds. The van der Waals surface area contributed by atoms with Gasteiger partial charge in [-0.3, -0.25) is 5.32 Å². The van der Waals surface area contributed by atoms with Gasteiger partial charge in [0.2, 0.25) is 0 Å². The monoisotopic (exact) mass is 679 g/mol. The van der Waals surface area contributed by atoms with Gasteiger partial charge in [0, 0.05) is 27.5 Å². The molecule has 0 bridgehead atoms. The lowest BCUT2D eigenvalue weighted by atomic mass is 9.93. The first-order valence-corrected chi connectivity index (χ1v) is 18.2. The number of fused-ring (bicyclic) bond motifs is 8. The van der Waals surface area contributed by atoms with Crippen LogP contribution in [-0.4, -0.2) is 5.84 Å². The average Bonchev–Trinajstić information content (AvgIpc) is 3.62. The van der Waals surface area contributed by atoms with Crippen molar-refractivity contribution in [2.75, 3.05) is 0 Å². The lowest BCUT2D eigenvalue weighted by molar-refractivity contribution is 0.411. The molecule has 2 atom stereocenters. The molecule has 10 aromatic rings. The topological polar surface area (TPSA) is 49.6 Å². The third-order valence-corrected chi connectivity index (χ3v) is 10.9. The van der Waals surface area contributed by atoms with Crippen LogP contribution in [0.5, 0.6) is 0 Å². The number of rotatable bonds is 4. The van der Waals surface area contributed by atoms with Gasteiger partial charge in [-0.1, -0.05) is 152 Å². The highest BCUT2D eigenvalue weighted by Crippen LogP contribution is 2.42. The highest BCUT2D eigenvalue weighted by atomic mass is 16.3. The van der Waals surface area contributed by atoms with E-state index >= 15 is 0 Å². The molecule has 0 radical (unpaired) electrons. The van der Waals surface area contributed by atoms with E-state index < -0.39 is 0 Å². The van der Waals surface area contributed by atoms with Crippen molar-refractivity contribution in [3.8, 4) is 11.1 Å². The van der Waals surface area contributed by atoms with Crippen LogP contribution in [0, 0.1) is 0 Å². The molecule has 0 spiro atoms. The number of benzene rings is 9. The number of hydrogen-bond acceptors (Lipinski definition) is 4. The van der Waals surface area contributed by atoms with Crippen LogP contribution in [0.15, 0.2) is 185 Å². The number of furan rings is 1. The number of nitrogens with zero attached hydrogens (tertiary/aromatic N) is 1. The van der Waals surface area contributed by atoms with Gasteiger partial charge in [-0.15, -0.1) is 0 Å². The molecule has 2 unspecified atom stereocenters. The summed E-state index contributed by atoms with van der Waals surface area (Å²) in [5.41, 5.74) is 7.22. The van der Waals surface area contributed by atoms with E-state index in [4.69, 9.17) is 9.41 Å². The van der Waals surface area contributed by atoms with Gasteiger partial charge in [0.25, 0.3) is 0 Å². The second kappa shape index (κ2) is 11.9. The molecule has 11 rings (SSSR count). The zero-order valence-corrected chi connectivity index (χ0v) is 28.8. The van der Waals surface area contributed by atoms with Crippen molar-refractivity contribution < 1.29 is 4.42 Å². The molecule has 9 aromatic carbocycles. The first-order chi connectivity index (χ1) is 26.2. The molecule has 1 aliphatic rings. The second-order valence-electron chi connectivity index (χ2n) is 14.0. The first kappa shape index (κ1) is 29.9. The van der Waals surface area contributed by atoms with E-state index in [9.17, 15) is 0 Å². The van der Waals surface area contributed by atoms with E-state index in [-0.39, 0.29) is 12.3 Å². The van der Waals surface area contributed by atoms with Gasteiger partial charge in [0.1, 0.15) is 29.3 Å². The SMILES string of the molecule is c1ccc2cc(C3=NC(c4ccc5ccccc5c4)NC(c4ccc(-c5ccc6ccc7ccccc7c6c5)c5oc6ccccc6c45)N3)ccc2c1. The molecule has 1 aromatic heterocycles. The summed E-state index contributed by atoms with van der Waals surface area (Å²) < 4.78 is 6.80. The molecule has 2 N–H and O–H groups in total. The average molecular weight is 680 g/mol. The van der Waals surface area contributed by atoms with Crippen molar-refractivity contribution in [2.45, 2.75) is 12.3 Å². The fourth-order valence-electron chi connectivity index (χ4n) is 8.24. The van der Waals surface area contributed by atoms with E-state index in [1.54, 1.807) is 0 Å². The zero-order valence-electron chi connectivity index (χ0n) is 28.8. The lowest BCUT2D eigenvalue weighted by Gasteiger charge is -2.33. The van der Waals surface area contributed by atoms with Crippen LogP contribution in [0.2, 0.25) is 0 Å². The van der Waals surface area contributed by atoms with Crippen LogP contribution >= 0.6 is 0 Å². The minimum Gasteiger partial charge on any atom is -0.455 e. The Bertz CT molecular complexity index is 3100. The molecule has 53 heavy (non-hydrogen) atoms. The molecule has 1 aliphatic heterocycles. The maximum atomic E-state index is 6.80. The molecule has 4 nitrogen and oxygen atoms in total. The van der Waals surface area contributed by atoms with Crippen LogP contribution < -0.4 is 10.6 Å². The summed E-state index contributed by atoms with van der Waals surface area (Å²) in [4.78, 5) is 5.33. The summed E-state index contributed by atoms with van der Waals surface area (Å²) in [6.45, 7) is 0. The fraction of sp³-hybridized carbons (Fsp3) is 0.0408. The molecule has 250 valence electrons. The lowest BCUT2D eigenvalue weighted by Crippen LogP contribution is -2.45. The number of aliphatic imine (C=N–C) groups is 1. The van der Waals surface area contributed by atoms with Gasteiger partial charge in [-0.25, -0.2) is 4.99 Å². The Hall–Kier alpha value is -6.75. The Kier molecular flexibility index (Phi) is 6.73. The Morgan fingerprint density at radius 1 is 0.472 bits per heavy atom. The van der Waals surface area contributed by atoms with Crippen LogP contribution in [-0.2, 0) is 0 Å². The van der Waals surface area contributed by atoms with Crippen molar-refractivity contribution in [3.05, 3.63) is 193 Å². The van der Waals surface area contributed by atoms with Crippen LogP contribution in [0.3, 0.4) is 0 Å². The van der Waals surface area contributed by atoms with Gasteiger partial charge < -0.3 is 9.73 Å². The molecule has 0 saturated heterocycles. The summed E-state index contributed by atoms with van der Waals surface area (Å²) >= 11 is 0. The first-order valence-electron chi connectivity index (χ1n) is 18.2. The smallest absolute Gasteiger partial charge is 0.143 e. The predicted octanol–water partition coefficient (Wildman–Crippen LogP) is 12.2. The molecular weight excluding hydrogens is 647 g/mol. The quantitative estimate of drug-likeness (QED) is 0.182. The van der Waals surface area contributed by atoms with Crippen molar-refractivity contribution in [3.63, 3.8) is 0 Å². The van der Waals surface area contributed by atoms with Crippen molar-refractivity contribution in [1.82, 2.24) is 10.6 Å². The predicted molar refractivity (Wildman–Crippen MR) is 220 cm³/mol. The van der Waals surface area contributed by atoms with Crippen LogP contribution in [0.4, 0.5) is 0 Å². The van der Waals surface area contributed by atoms with E-state index in [1.807, 2.05) is 6.07 Å². The highest BCUT2D eigenvalue weighted by Gasteiger charge is 2.29. The van der Waals surface area contributed by atoms with Gasteiger partial charge in [-0.2, -0.15) is 0 Å². The maximum Gasteiger partial charge on any atom is 0.143 e. The van der Waals surface area contributed by atoms with Crippen molar-refractivity contribution in [2.24, 2.45) is 4.99 Å². The Balaban J connectivity index is 1.09. The number of hydrogen-bond donors (Lipinski definition) is 2. The van der Waals surface area contributed by atoms with E-state index in [0.717, 1.165) is 55.6 Å². The molecular formula is C49H33N3O. The summed E-state index contributed by atoms with van der Waals surface area (Å²) in [6.07, 6.45) is -0.544. The van der Waals surface area contributed by atoms with E-state index in [1.165, 1.54) is 43.1 Å². The number of amidine groups is 1. The fourth-order valence-corrected chi connectivity index (χ4v) is 8.24. The third kappa shape index (κ3) is 4.99. The second-order valence-corrected chi connectivity index (χ2v) is 14.0. The zero-order chi connectivity index (χ0) is 34.9. The van der Waals surface area contributed by atoms with Crippen molar-refractivity contribution in [1.29, 1.82) is 0 Å². The Morgan fingerprint density at radius 2 is 1.09 bits per heavy atom. The van der Waals surface area contributed by atoms with Crippen LogP contribution in [0.25, 0.3) is 76.2 Å². The largest absolute Gasteiger partial charge is 0.455 e. The molecule has 0 saturated carbocycles. The van der Waals surface area contributed by atoms with E-state index in [0.29, 0.717) is 0 Å². The summed E-state index contributed by atoms with van der Waals surface area (Å²) in [6, 6.07) is 62.9. The van der Waals surface area contributed by atoms with Crippen molar-refractivity contribution >= 4 is 70.9 Å². The summed E-state index contributed by atoms with van der Waals surface area (Å²) in [5, 5.41) is 19.7. The minimum absolute atomic E-state index is 0.261. The van der Waals surface area contributed by atoms with E-state index in [2.05, 4.69) is 180 Å². The van der Waals surface area contributed by atoms with Gasteiger partial charge in [0.15, 0.2) is 0 Å². The molecule has 2 heterocycles. The van der Waals surface area contributed by atoms with Gasteiger partial charge >= 0.3 is 0 Å². The number of nitrogens with one attached hydrogen (secondary N) is 2. The van der Waals surface area contributed by atoms with Crippen LogP contribution in [0.1, 0.15) is 29.0 Å². The Morgan fingerprint density at radius 3 is 1.92 bits per heavy atom. The summed E-state index contributed by atoms with van der Waals surface area (Å²) in [7, 11) is 0. The van der Waals surface area contributed by atoms with Gasteiger partial charge in [0.05, 0.1) is 0 Å². The molecule has 0 aliphatic carbocycles. The molecule has 0 fully saturated rings. The van der Waals surface area contributed by atoms with Gasteiger partial charge in [-0.05, 0) is 78.5 Å². The normalized spacial score (nSPS) is 16.1. The standard InChI is InChI=1S/C49H33N3O/c1-3-12-34-27-37(23-17-30(34)9-1)47-50-48(38-24-18-31-10-2-4-13-35(31)28-38)52-49(51-47)42-26-25-40(46-45(42)41-15-7-8-16-44(41)53-46)36-22-21-33-20-19-32-11-5-6-14-39(32)43(33)29-36/h1-29,47,49,51H,(H,50,52). The third-order valence-electron chi connectivity index (χ3n) is 10.9. The maximum absolute atomic E-state index is 6.80. The minimum atomic E-state index is -0.283. The number of para-hydroxylation sites is 1. The summed E-state index contributed by atoms with van der Waals surface area (Å²) in [5.74, 6) is 0.851.